The Morgan fingerprint density at radius 1 is 1.15 bits per heavy atom. The molecule has 27 heavy (non-hydrogen) atoms. The van der Waals surface area contributed by atoms with Crippen LogP contribution in [0.15, 0.2) is 47.6 Å². The molecule has 0 aliphatic heterocycles. The molecule has 3 aromatic rings. The van der Waals surface area contributed by atoms with E-state index in [9.17, 15) is 5.21 Å². The molecule has 142 valence electrons. The van der Waals surface area contributed by atoms with Gasteiger partial charge in [-0.15, -0.1) is 0 Å². The second-order valence-electron chi connectivity index (χ2n) is 6.03. The SMILES string of the molecule is CCOc1cccc(CC(C(N)=NO)c2nc3ccccc3[nH]2)c1OCC. The van der Waals surface area contributed by atoms with Gasteiger partial charge in [0.15, 0.2) is 11.5 Å². The number of nitrogens with two attached hydrogens (primary N) is 1. The molecule has 3 rings (SSSR count). The third-order valence-corrected chi connectivity index (χ3v) is 4.28. The first-order valence-corrected chi connectivity index (χ1v) is 8.97. The number of benzene rings is 2. The molecule has 4 N–H and O–H groups in total. The number of ether oxygens (including phenoxy) is 2. The van der Waals surface area contributed by atoms with Crippen molar-refractivity contribution in [1.29, 1.82) is 0 Å². The van der Waals surface area contributed by atoms with Gasteiger partial charge in [0.1, 0.15) is 11.7 Å². The number of aromatic nitrogens is 2. The van der Waals surface area contributed by atoms with Gasteiger partial charge in [-0.2, -0.15) is 0 Å². The lowest BCUT2D eigenvalue weighted by molar-refractivity contribution is 0.285. The van der Waals surface area contributed by atoms with Crippen molar-refractivity contribution < 1.29 is 14.7 Å². The van der Waals surface area contributed by atoms with E-state index >= 15 is 0 Å². The van der Waals surface area contributed by atoms with Gasteiger partial charge in [-0.3, -0.25) is 0 Å². The van der Waals surface area contributed by atoms with Crippen molar-refractivity contribution in [3.63, 3.8) is 0 Å². The average Bonchev–Trinajstić information content (AvgIpc) is 3.11. The van der Waals surface area contributed by atoms with E-state index in [0.29, 0.717) is 37.0 Å². The number of para-hydroxylation sites is 3. The van der Waals surface area contributed by atoms with Gasteiger partial charge in [0, 0.05) is 0 Å². The minimum absolute atomic E-state index is 0.0818. The van der Waals surface area contributed by atoms with Gasteiger partial charge >= 0.3 is 0 Å². The highest BCUT2D eigenvalue weighted by atomic mass is 16.5. The molecule has 0 aliphatic rings. The third kappa shape index (κ3) is 3.97. The normalized spacial score (nSPS) is 12.9. The molecule has 0 saturated heterocycles. The van der Waals surface area contributed by atoms with Gasteiger partial charge in [-0.1, -0.05) is 29.4 Å². The van der Waals surface area contributed by atoms with Crippen LogP contribution in [0.3, 0.4) is 0 Å². The van der Waals surface area contributed by atoms with E-state index in [4.69, 9.17) is 15.2 Å². The molecule has 0 fully saturated rings. The smallest absolute Gasteiger partial charge is 0.164 e. The second-order valence-corrected chi connectivity index (χ2v) is 6.03. The monoisotopic (exact) mass is 368 g/mol. The van der Waals surface area contributed by atoms with E-state index in [0.717, 1.165) is 16.6 Å². The maximum Gasteiger partial charge on any atom is 0.164 e. The number of nitrogens with one attached hydrogen (secondary N) is 1. The van der Waals surface area contributed by atoms with Crippen LogP contribution >= 0.6 is 0 Å². The number of rotatable bonds is 8. The van der Waals surface area contributed by atoms with Crippen molar-refractivity contribution in [3.05, 3.63) is 53.9 Å². The fourth-order valence-corrected chi connectivity index (χ4v) is 3.07. The van der Waals surface area contributed by atoms with Gasteiger partial charge in [0.25, 0.3) is 0 Å². The molecule has 7 nitrogen and oxygen atoms in total. The Bertz CT molecular complexity index is 903. The Kier molecular flexibility index (Phi) is 5.80. The van der Waals surface area contributed by atoms with Gasteiger partial charge in [0.05, 0.1) is 30.2 Å². The average molecular weight is 368 g/mol. The van der Waals surface area contributed by atoms with Crippen LogP contribution < -0.4 is 15.2 Å². The van der Waals surface area contributed by atoms with Crippen LogP contribution in [0.5, 0.6) is 11.5 Å². The van der Waals surface area contributed by atoms with Crippen LogP contribution in [0, 0.1) is 0 Å². The van der Waals surface area contributed by atoms with Crippen molar-refractivity contribution in [3.8, 4) is 11.5 Å². The minimum Gasteiger partial charge on any atom is -0.490 e. The van der Waals surface area contributed by atoms with Crippen LogP contribution in [0.2, 0.25) is 0 Å². The maximum absolute atomic E-state index is 9.30. The number of H-pyrrole nitrogens is 1. The Morgan fingerprint density at radius 3 is 2.63 bits per heavy atom. The molecule has 7 heteroatoms. The summed E-state index contributed by atoms with van der Waals surface area (Å²) >= 11 is 0. The molecule has 1 atom stereocenters. The first-order valence-electron chi connectivity index (χ1n) is 8.97. The first-order chi connectivity index (χ1) is 13.2. The molecular weight excluding hydrogens is 344 g/mol. The molecule has 1 heterocycles. The fraction of sp³-hybridized carbons (Fsp3) is 0.300. The summed E-state index contributed by atoms with van der Waals surface area (Å²) in [7, 11) is 0. The van der Waals surface area contributed by atoms with E-state index in [-0.39, 0.29) is 5.84 Å². The third-order valence-electron chi connectivity index (χ3n) is 4.28. The fourth-order valence-electron chi connectivity index (χ4n) is 3.07. The number of nitrogens with zero attached hydrogens (tertiary/aromatic N) is 2. The lowest BCUT2D eigenvalue weighted by Gasteiger charge is -2.18. The summed E-state index contributed by atoms with van der Waals surface area (Å²) in [6.45, 7) is 4.90. The summed E-state index contributed by atoms with van der Waals surface area (Å²) in [5.41, 5.74) is 8.64. The van der Waals surface area contributed by atoms with Crippen LogP contribution in [0.4, 0.5) is 0 Å². The summed E-state index contributed by atoms with van der Waals surface area (Å²) in [4.78, 5) is 7.88. The molecular formula is C20H24N4O3. The number of amidine groups is 1. The van der Waals surface area contributed by atoms with Gasteiger partial charge in [-0.25, -0.2) is 4.98 Å². The number of imidazole rings is 1. The predicted molar refractivity (Wildman–Crippen MR) is 105 cm³/mol. The molecule has 0 aliphatic carbocycles. The quantitative estimate of drug-likeness (QED) is 0.244. The summed E-state index contributed by atoms with van der Waals surface area (Å²) in [5.74, 6) is 1.64. The molecule has 0 amide bonds. The molecule has 2 aromatic carbocycles. The molecule has 1 aromatic heterocycles. The summed E-state index contributed by atoms with van der Waals surface area (Å²) < 4.78 is 11.5. The van der Waals surface area contributed by atoms with E-state index in [1.807, 2.05) is 56.3 Å². The van der Waals surface area contributed by atoms with Gasteiger partial charge in [0.2, 0.25) is 0 Å². The number of hydrogen-bond donors (Lipinski definition) is 3. The van der Waals surface area contributed by atoms with Crippen LogP contribution in [0.25, 0.3) is 11.0 Å². The van der Waals surface area contributed by atoms with E-state index in [1.54, 1.807) is 0 Å². The van der Waals surface area contributed by atoms with Crippen LogP contribution in [-0.4, -0.2) is 34.2 Å². The summed E-state index contributed by atoms with van der Waals surface area (Å²) in [6.07, 6.45) is 0.450. The minimum atomic E-state index is -0.432. The number of hydrogen-bond acceptors (Lipinski definition) is 5. The lowest BCUT2D eigenvalue weighted by atomic mass is 9.96. The zero-order chi connectivity index (χ0) is 19.2. The number of oxime groups is 1. The zero-order valence-corrected chi connectivity index (χ0v) is 15.5. The highest BCUT2D eigenvalue weighted by molar-refractivity contribution is 5.87. The van der Waals surface area contributed by atoms with Crippen molar-refractivity contribution >= 4 is 16.9 Å². The van der Waals surface area contributed by atoms with E-state index in [1.165, 1.54) is 0 Å². The van der Waals surface area contributed by atoms with Crippen molar-refractivity contribution in [2.24, 2.45) is 10.9 Å². The lowest BCUT2D eigenvalue weighted by Crippen LogP contribution is -2.25. The first kappa shape index (κ1) is 18.6. The Labute approximate surface area is 157 Å². The van der Waals surface area contributed by atoms with E-state index < -0.39 is 5.92 Å². The largest absolute Gasteiger partial charge is 0.490 e. The summed E-state index contributed by atoms with van der Waals surface area (Å²) in [5, 5.41) is 12.5. The molecule has 1 unspecified atom stereocenters. The highest BCUT2D eigenvalue weighted by Crippen LogP contribution is 2.34. The highest BCUT2D eigenvalue weighted by Gasteiger charge is 2.24. The number of fused-ring (bicyclic) bond motifs is 1. The standard InChI is InChI=1S/C20H24N4O3/c1-3-26-17-11-7-8-13(18(17)27-4-2)12-14(19(21)24-25)20-22-15-9-5-6-10-16(15)23-20/h5-11,14,25H,3-4,12H2,1-2H3,(H2,21,24)(H,22,23). The summed E-state index contributed by atoms with van der Waals surface area (Å²) in [6, 6.07) is 13.4. The predicted octanol–water partition coefficient (Wildman–Crippen LogP) is 3.43. The van der Waals surface area contributed by atoms with Crippen molar-refractivity contribution in [2.45, 2.75) is 26.2 Å². The molecule has 0 spiro atoms. The zero-order valence-electron chi connectivity index (χ0n) is 15.5. The Balaban J connectivity index is 2.01. The van der Waals surface area contributed by atoms with Crippen LogP contribution in [-0.2, 0) is 6.42 Å². The Hall–Kier alpha value is -3.22. The van der Waals surface area contributed by atoms with Crippen molar-refractivity contribution in [2.75, 3.05) is 13.2 Å². The van der Waals surface area contributed by atoms with Crippen LogP contribution in [0.1, 0.15) is 31.2 Å². The molecule has 0 radical (unpaired) electrons. The van der Waals surface area contributed by atoms with E-state index in [2.05, 4.69) is 15.1 Å². The van der Waals surface area contributed by atoms with Gasteiger partial charge in [-0.05, 0) is 44.0 Å². The van der Waals surface area contributed by atoms with Crippen molar-refractivity contribution in [1.82, 2.24) is 9.97 Å². The second kappa shape index (κ2) is 8.44. The molecule has 0 saturated carbocycles. The maximum atomic E-state index is 9.30. The van der Waals surface area contributed by atoms with Gasteiger partial charge < -0.3 is 25.4 Å². The Morgan fingerprint density at radius 2 is 1.93 bits per heavy atom. The molecule has 0 bridgehead atoms. The topological polar surface area (TPSA) is 106 Å². The number of aromatic amines is 1.